The molecule has 1 fully saturated rings. The highest BCUT2D eigenvalue weighted by molar-refractivity contribution is 5.92. The number of nitrogens with zero attached hydrogens (tertiary/aromatic N) is 5. The van der Waals surface area contributed by atoms with Gasteiger partial charge >= 0.3 is 6.03 Å². The Labute approximate surface area is 148 Å². The molecular formula is C19H23N5O. The lowest BCUT2D eigenvalue weighted by molar-refractivity contribution is 0.214. The van der Waals surface area contributed by atoms with E-state index in [0.717, 1.165) is 35.9 Å². The second-order valence-electron chi connectivity index (χ2n) is 6.73. The molecule has 6 nitrogen and oxygen atoms in total. The molecule has 0 radical (unpaired) electrons. The number of hydrogen-bond acceptors (Lipinski definition) is 4. The van der Waals surface area contributed by atoms with Crippen LogP contribution < -0.4 is 9.80 Å². The van der Waals surface area contributed by atoms with Crippen LogP contribution in [0.25, 0.3) is 0 Å². The Kier molecular flexibility index (Phi) is 4.26. The third-order valence-electron chi connectivity index (χ3n) is 5.00. The first kappa shape index (κ1) is 15.9. The van der Waals surface area contributed by atoms with E-state index in [-0.39, 0.29) is 6.03 Å². The summed E-state index contributed by atoms with van der Waals surface area (Å²) in [7, 11) is 1.83. The number of carbonyl (C=O) groups excluding carboxylic acids is 1. The predicted octanol–water partition coefficient (Wildman–Crippen LogP) is 3.04. The number of amides is 2. The lowest BCUT2D eigenvalue weighted by Crippen LogP contribution is -2.38. The van der Waals surface area contributed by atoms with Gasteiger partial charge < -0.3 is 9.80 Å². The molecule has 0 bridgehead atoms. The second-order valence-corrected chi connectivity index (χ2v) is 6.73. The maximum atomic E-state index is 12.9. The van der Waals surface area contributed by atoms with E-state index in [9.17, 15) is 4.79 Å². The Balaban J connectivity index is 1.76. The summed E-state index contributed by atoms with van der Waals surface area (Å²) in [6.45, 7) is 3.08. The van der Waals surface area contributed by atoms with E-state index < -0.39 is 0 Å². The molecule has 25 heavy (non-hydrogen) atoms. The number of aromatic nitrogens is 2. The smallest absolute Gasteiger partial charge is 0.324 e. The fourth-order valence-corrected chi connectivity index (χ4v) is 3.65. The lowest BCUT2D eigenvalue weighted by atomic mass is 10.1. The van der Waals surface area contributed by atoms with Gasteiger partial charge in [-0.3, -0.25) is 4.90 Å². The van der Waals surface area contributed by atoms with Gasteiger partial charge in [0.05, 0.1) is 18.8 Å². The van der Waals surface area contributed by atoms with Crippen LogP contribution in [0.1, 0.15) is 30.5 Å². The van der Waals surface area contributed by atoms with Crippen LogP contribution in [0.5, 0.6) is 0 Å². The highest BCUT2D eigenvalue weighted by Crippen LogP contribution is 2.30. The van der Waals surface area contributed by atoms with E-state index in [4.69, 9.17) is 0 Å². The summed E-state index contributed by atoms with van der Waals surface area (Å²) >= 11 is 0. The Morgan fingerprint density at radius 1 is 0.960 bits per heavy atom. The largest absolute Gasteiger partial charge is 0.356 e. The van der Waals surface area contributed by atoms with Gasteiger partial charge in [-0.15, -0.1) is 0 Å². The Bertz CT molecular complexity index is 758. The molecule has 3 heterocycles. The third-order valence-corrected chi connectivity index (χ3v) is 5.00. The van der Waals surface area contributed by atoms with Gasteiger partial charge in [0.25, 0.3) is 0 Å². The monoisotopic (exact) mass is 337 g/mol. The Hall–Kier alpha value is -2.63. The van der Waals surface area contributed by atoms with Crippen molar-refractivity contribution in [3.05, 3.63) is 47.9 Å². The van der Waals surface area contributed by atoms with Crippen molar-refractivity contribution in [2.24, 2.45) is 0 Å². The van der Waals surface area contributed by atoms with E-state index in [2.05, 4.69) is 14.9 Å². The number of benzene rings is 1. The fourth-order valence-electron chi connectivity index (χ4n) is 3.65. The van der Waals surface area contributed by atoms with Crippen LogP contribution in [0.4, 0.5) is 16.3 Å². The molecule has 2 aromatic rings. The summed E-state index contributed by atoms with van der Waals surface area (Å²) in [5.41, 5.74) is 2.93. The predicted molar refractivity (Wildman–Crippen MR) is 97.6 cm³/mol. The molecule has 130 valence electrons. The van der Waals surface area contributed by atoms with Gasteiger partial charge in [-0.25, -0.2) is 14.8 Å². The van der Waals surface area contributed by atoms with Crippen molar-refractivity contribution in [1.82, 2.24) is 14.9 Å². The summed E-state index contributed by atoms with van der Waals surface area (Å²) < 4.78 is 0. The number of urea groups is 1. The van der Waals surface area contributed by atoms with Crippen molar-refractivity contribution >= 4 is 17.5 Å². The van der Waals surface area contributed by atoms with E-state index >= 15 is 0 Å². The van der Waals surface area contributed by atoms with E-state index in [1.54, 1.807) is 11.2 Å². The minimum Gasteiger partial charge on any atom is -0.356 e. The zero-order chi connectivity index (χ0) is 17.2. The maximum Gasteiger partial charge on any atom is 0.324 e. The van der Waals surface area contributed by atoms with Crippen molar-refractivity contribution in [2.45, 2.75) is 32.4 Å². The molecule has 0 aliphatic carbocycles. The van der Waals surface area contributed by atoms with Gasteiger partial charge in [0.1, 0.15) is 12.1 Å². The summed E-state index contributed by atoms with van der Waals surface area (Å²) in [6, 6.07) is 9.82. The van der Waals surface area contributed by atoms with Crippen molar-refractivity contribution in [1.29, 1.82) is 0 Å². The lowest BCUT2D eigenvalue weighted by Gasteiger charge is -2.30. The molecule has 2 amide bonds. The van der Waals surface area contributed by atoms with Gasteiger partial charge in [0, 0.05) is 31.4 Å². The molecule has 6 heteroatoms. The average molecular weight is 337 g/mol. The quantitative estimate of drug-likeness (QED) is 0.845. The number of hydrogen-bond donors (Lipinski definition) is 0. The van der Waals surface area contributed by atoms with Crippen molar-refractivity contribution in [3.8, 4) is 0 Å². The third kappa shape index (κ3) is 3.04. The molecule has 0 unspecified atom stereocenters. The molecule has 0 atom stereocenters. The summed E-state index contributed by atoms with van der Waals surface area (Å²) in [4.78, 5) is 27.9. The van der Waals surface area contributed by atoms with Crippen molar-refractivity contribution in [3.63, 3.8) is 0 Å². The number of fused-ring (bicyclic) bond motifs is 1. The fraction of sp³-hybridized carbons (Fsp3) is 0.421. The molecule has 4 rings (SSSR count). The second kappa shape index (κ2) is 6.70. The summed E-state index contributed by atoms with van der Waals surface area (Å²) in [6.07, 6.45) is 5.31. The van der Waals surface area contributed by atoms with Gasteiger partial charge in [0.15, 0.2) is 0 Å². The zero-order valence-corrected chi connectivity index (χ0v) is 14.6. The summed E-state index contributed by atoms with van der Waals surface area (Å²) in [5, 5.41) is 0. The first-order valence-electron chi connectivity index (χ1n) is 8.89. The van der Waals surface area contributed by atoms with Gasteiger partial charge in [0.2, 0.25) is 0 Å². The number of rotatable bonds is 2. The van der Waals surface area contributed by atoms with Crippen molar-refractivity contribution < 1.29 is 4.79 Å². The number of piperidine rings is 1. The molecule has 1 aromatic carbocycles. The van der Waals surface area contributed by atoms with E-state index in [1.807, 2.05) is 42.3 Å². The number of anilines is 2. The van der Waals surface area contributed by atoms with Crippen LogP contribution in [0, 0.1) is 0 Å². The van der Waals surface area contributed by atoms with Crippen LogP contribution in [0.2, 0.25) is 0 Å². The molecule has 0 saturated carbocycles. The molecular weight excluding hydrogens is 314 g/mol. The minimum absolute atomic E-state index is 0.00575. The van der Waals surface area contributed by atoms with Crippen LogP contribution in [0.3, 0.4) is 0 Å². The molecule has 1 aromatic heterocycles. The molecule has 1 saturated heterocycles. The molecule has 0 spiro atoms. The van der Waals surface area contributed by atoms with Gasteiger partial charge in [-0.1, -0.05) is 18.2 Å². The SMILES string of the molecule is CN1Cc2ncnc(N3CCCCC3)c2CN(c2ccccc2)C1=O. The zero-order valence-electron chi connectivity index (χ0n) is 14.6. The first-order chi connectivity index (χ1) is 12.2. The molecule has 2 aliphatic rings. The minimum atomic E-state index is -0.00575. The molecule has 2 aliphatic heterocycles. The number of carbonyl (C=O) groups is 1. The topological polar surface area (TPSA) is 52.6 Å². The number of para-hydroxylation sites is 1. The summed E-state index contributed by atoms with van der Waals surface area (Å²) in [5.74, 6) is 0.994. The normalized spacial score (nSPS) is 18.1. The van der Waals surface area contributed by atoms with Gasteiger partial charge in [-0.05, 0) is 31.4 Å². The van der Waals surface area contributed by atoms with Gasteiger partial charge in [-0.2, -0.15) is 0 Å². The van der Waals surface area contributed by atoms with E-state index in [0.29, 0.717) is 13.1 Å². The standard InChI is InChI=1S/C19H23N5O/c1-22-13-17-16(12-24(19(22)25)15-8-4-2-5-9-15)18(21-14-20-17)23-10-6-3-7-11-23/h2,4-5,8-9,14H,3,6-7,10-13H2,1H3. The highest BCUT2D eigenvalue weighted by Gasteiger charge is 2.29. The Morgan fingerprint density at radius 2 is 1.72 bits per heavy atom. The van der Waals surface area contributed by atoms with Crippen LogP contribution >= 0.6 is 0 Å². The molecule has 0 N–H and O–H groups in total. The van der Waals surface area contributed by atoms with Crippen LogP contribution in [-0.2, 0) is 13.1 Å². The first-order valence-corrected chi connectivity index (χ1v) is 8.89. The van der Waals surface area contributed by atoms with Crippen molar-refractivity contribution in [2.75, 3.05) is 29.9 Å². The van der Waals surface area contributed by atoms with Crippen LogP contribution in [-0.4, -0.2) is 41.0 Å². The van der Waals surface area contributed by atoms with Crippen LogP contribution in [0.15, 0.2) is 36.7 Å². The maximum absolute atomic E-state index is 12.9. The Morgan fingerprint density at radius 3 is 2.48 bits per heavy atom. The average Bonchev–Trinajstić information content (AvgIpc) is 2.79. The van der Waals surface area contributed by atoms with E-state index in [1.165, 1.54) is 19.3 Å². The highest BCUT2D eigenvalue weighted by atomic mass is 16.2.